The molecule has 2 rings (SSSR count). The van der Waals surface area contributed by atoms with Crippen LogP contribution >= 0.6 is 23.2 Å². The van der Waals surface area contributed by atoms with Gasteiger partial charge < -0.3 is 10.6 Å². The Balaban J connectivity index is 2.10. The molecular formula is C17H22Cl2N2O4S. The van der Waals surface area contributed by atoms with Crippen LogP contribution in [0.1, 0.15) is 42.5 Å². The first-order valence-electron chi connectivity index (χ1n) is 8.40. The van der Waals surface area contributed by atoms with E-state index in [2.05, 4.69) is 10.6 Å². The van der Waals surface area contributed by atoms with Crippen molar-refractivity contribution in [3.8, 4) is 0 Å². The van der Waals surface area contributed by atoms with Gasteiger partial charge in [0.1, 0.15) is 15.9 Å². The molecule has 0 aromatic heterocycles. The molecule has 0 aliphatic heterocycles. The van der Waals surface area contributed by atoms with Gasteiger partial charge in [-0.1, -0.05) is 36.0 Å². The fraction of sp³-hybridized carbons (Fsp3) is 0.529. The number of hydrogen-bond acceptors (Lipinski definition) is 4. The van der Waals surface area contributed by atoms with Crippen molar-refractivity contribution in [1.82, 2.24) is 10.6 Å². The maximum absolute atomic E-state index is 12.5. The van der Waals surface area contributed by atoms with E-state index >= 15 is 0 Å². The van der Waals surface area contributed by atoms with Crippen molar-refractivity contribution in [2.24, 2.45) is 0 Å². The number of rotatable bonds is 7. The molecule has 1 atom stereocenters. The maximum Gasteiger partial charge on any atom is 0.253 e. The van der Waals surface area contributed by atoms with E-state index in [1.807, 2.05) is 0 Å². The minimum absolute atomic E-state index is 0.00562. The van der Waals surface area contributed by atoms with Crippen molar-refractivity contribution in [3.63, 3.8) is 0 Å². The number of benzene rings is 1. The van der Waals surface area contributed by atoms with Crippen LogP contribution in [0.5, 0.6) is 0 Å². The largest absolute Gasteiger partial charge is 0.352 e. The third-order valence-electron chi connectivity index (χ3n) is 4.28. The van der Waals surface area contributed by atoms with Gasteiger partial charge >= 0.3 is 0 Å². The molecule has 1 aliphatic carbocycles. The quantitative estimate of drug-likeness (QED) is 0.708. The van der Waals surface area contributed by atoms with Gasteiger partial charge in [0.05, 0.1) is 16.3 Å². The second-order valence-corrected chi connectivity index (χ2v) is 9.66. The summed E-state index contributed by atoms with van der Waals surface area (Å²) >= 11 is 11.9. The zero-order valence-electron chi connectivity index (χ0n) is 14.4. The Labute approximate surface area is 163 Å². The molecule has 1 saturated carbocycles. The number of sulfone groups is 1. The van der Waals surface area contributed by atoms with Crippen LogP contribution in [0.25, 0.3) is 0 Å². The Morgan fingerprint density at radius 3 is 2.46 bits per heavy atom. The molecule has 1 aromatic carbocycles. The van der Waals surface area contributed by atoms with Gasteiger partial charge in [-0.15, -0.1) is 0 Å². The fourth-order valence-electron chi connectivity index (χ4n) is 2.88. The van der Waals surface area contributed by atoms with Crippen molar-refractivity contribution in [2.75, 3.05) is 12.0 Å². The minimum atomic E-state index is -3.27. The van der Waals surface area contributed by atoms with E-state index in [4.69, 9.17) is 23.2 Å². The molecule has 0 heterocycles. The van der Waals surface area contributed by atoms with Crippen LogP contribution in [-0.4, -0.2) is 44.3 Å². The van der Waals surface area contributed by atoms with Gasteiger partial charge in [-0.05, 0) is 37.5 Å². The molecule has 1 fully saturated rings. The first kappa shape index (κ1) is 21.0. The van der Waals surface area contributed by atoms with E-state index in [0.717, 1.165) is 31.9 Å². The molecule has 0 radical (unpaired) electrons. The molecule has 6 nitrogen and oxygen atoms in total. The second kappa shape index (κ2) is 9.06. The lowest BCUT2D eigenvalue weighted by atomic mass is 10.1. The number of carbonyl (C=O) groups excluding carboxylic acids is 2. The van der Waals surface area contributed by atoms with Gasteiger partial charge in [0.2, 0.25) is 5.91 Å². The Kier molecular flexibility index (Phi) is 7.32. The lowest BCUT2D eigenvalue weighted by Crippen LogP contribution is -2.49. The number of carbonyl (C=O) groups is 2. The summed E-state index contributed by atoms with van der Waals surface area (Å²) in [7, 11) is -3.27. The van der Waals surface area contributed by atoms with Crippen LogP contribution in [0.2, 0.25) is 10.0 Å². The lowest BCUT2D eigenvalue weighted by molar-refractivity contribution is -0.123. The molecule has 2 amide bonds. The molecule has 0 unspecified atom stereocenters. The van der Waals surface area contributed by atoms with Crippen LogP contribution in [0, 0.1) is 0 Å². The Hall–Kier alpha value is -1.31. The molecular weight excluding hydrogens is 399 g/mol. The van der Waals surface area contributed by atoms with Gasteiger partial charge in [0.25, 0.3) is 5.91 Å². The number of halogens is 2. The highest BCUT2D eigenvalue weighted by Crippen LogP contribution is 2.21. The highest BCUT2D eigenvalue weighted by atomic mass is 35.5. The summed E-state index contributed by atoms with van der Waals surface area (Å²) in [6.07, 6.45) is 4.96. The first-order valence-corrected chi connectivity index (χ1v) is 11.2. The molecule has 0 spiro atoms. The molecule has 1 aliphatic rings. The van der Waals surface area contributed by atoms with Crippen LogP contribution in [0.15, 0.2) is 18.2 Å². The van der Waals surface area contributed by atoms with Gasteiger partial charge in [0.15, 0.2) is 0 Å². The van der Waals surface area contributed by atoms with E-state index in [1.54, 1.807) is 0 Å². The van der Waals surface area contributed by atoms with E-state index in [0.29, 0.717) is 5.02 Å². The van der Waals surface area contributed by atoms with Gasteiger partial charge in [0, 0.05) is 17.3 Å². The third-order valence-corrected chi connectivity index (χ3v) is 5.80. The molecule has 26 heavy (non-hydrogen) atoms. The molecule has 144 valence electrons. The molecule has 9 heteroatoms. The smallest absolute Gasteiger partial charge is 0.253 e. The van der Waals surface area contributed by atoms with Crippen molar-refractivity contribution >= 4 is 44.9 Å². The minimum Gasteiger partial charge on any atom is -0.352 e. The Morgan fingerprint density at radius 1 is 1.23 bits per heavy atom. The average molecular weight is 421 g/mol. The zero-order chi connectivity index (χ0) is 19.3. The predicted octanol–water partition coefficient (Wildman–Crippen LogP) is 2.59. The van der Waals surface area contributed by atoms with Crippen molar-refractivity contribution in [3.05, 3.63) is 33.8 Å². The summed E-state index contributed by atoms with van der Waals surface area (Å²) in [5, 5.41) is 6.04. The summed E-state index contributed by atoms with van der Waals surface area (Å²) in [5.41, 5.74) is 0.175. The van der Waals surface area contributed by atoms with Gasteiger partial charge in [-0.25, -0.2) is 8.42 Å². The standard InChI is InChI=1S/C17H22Cl2N2O4S/c1-26(24,25)9-8-15(17(23)20-12-4-2-3-5-12)21-16(22)13-7-6-11(18)10-14(13)19/h6-7,10,12,15H,2-5,8-9H2,1H3,(H,20,23)(H,21,22)/t15-/m0/s1. The third kappa shape index (κ3) is 6.45. The van der Waals surface area contributed by atoms with Crippen molar-refractivity contribution < 1.29 is 18.0 Å². The monoisotopic (exact) mass is 420 g/mol. The van der Waals surface area contributed by atoms with E-state index in [1.165, 1.54) is 18.2 Å². The summed E-state index contributed by atoms with van der Waals surface area (Å²) in [5.74, 6) is -1.13. The van der Waals surface area contributed by atoms with E-state index in [9.17, 15) is 18.0 Å². The second-order valence-electron chi connectivity index (χ2n) is 6.56. The zero-order valence-corrected chi connectivity index (χ0v) is 16.8. The summed E-state index contributed by atoms with van der Waals surface area (Å²) in [6, 6.07) is 3.53. The van der Waals surface area contributed by atoms with Crippen molar-refractivity contribution in [1.29, 1.82) is 0 Å². The highest BCUT2D eigenvalue weighted by molar-refractivity contribution is 7.90. The normalized spacial score (nSPS) is 16.3. The van der Waals surface area contributed by atoms with E-state index in [-0.39, 0.29) is 34.7 Å². The van der Waals surface area contributed by atoms with Crippen LogP contribution in [0.3, 0.4) is 0 Å². The topological polar surface area (TPSA) is 92.3 Å². The average Bonchev–Trinajstić information content (AvgIpc) is 3.03. The van der Waals surface area contributed by atoms with Crippen LogP contribution in [-0.2, 0) is 14.6 Å². The summed E-state index contributed by atoms with van der Waals surface area (Å²) < 4.78 is 22.9. The van der Waals surface area contributed by atoms with Crippen molar-refractivity contribution in [2.45, 2.75) is 44.2 Å². The van der Waals surface area contributed by atoms with E-state index < -0.39 is 21.8 Å². The Bertz CT molecular complexity index is 777. The van der Waals surface area contributed by atoms with Crippen LogP contribution in [0.4, 0.5) is 0 Å². The predicted molar refractivity (Wildman–Crippen MR) is 102 cm³/mol. The van der Waals surface area contributed by atoms with Crippen LogP contribution < -0.4 is 10.6 Å². The summed E-state index contributed by atoms with van der Waals surface area (Å²) in [6.45, 7) is 0. The maximum atomic E-state index is 12.5. The summed E-state index contributed by atoms with van der Waals surface area (Å²) in [4.78, 5) is 25.0. The number of hydrogen-bond donors (Lipinski definition) is 2. The molecule has 0 saturated heterocycles. The highest BCUT2D eigenvalue weighted by Gasteiger charge is 2.26. The molecule has 1 aromatic rings. The number of nitrogens with one attached hydrogen (secondary N) is 2. The molecule has 2 N–H and O–H groups in total. The lowest BCUT2D eigenvalue weighted by Gasteiger charge is -2.21. The number of amides is 2. The van der Waals surface area contributed by atoms with Gasteiger partial charge in [-0.3, -0.25) is 9.59 Å². The SMILES string of the molecule is CS(=O)(=O)CC[C@H](NC(=O)c1ccc(Cl)cc1Cl)C(=O)NC1CCCC1. The first-order chi connectivity index (χ1) is 12.2. The molecule has 0 bridgehead atoms. The fourth-order valence-corrected chi connectivity index (χ4v) is 4.04. The van der Waals surface area contributed by atoms with Gasteiger partial charge in [-0.2, -0.15) is 0 Å². The Morgan fingerprint density at radius 2 is 1.88 bits per heavy atom.